The number of amidine groups is 1. The molecule has 0 amide bonds. The first kappa shape index (κ1) is 20.2. The van der Waals surface area contributed by atoms with Gasteiger partial charge in [0, 0.05) is 6.04 Å². The highest BCUT2D eigenvalue weighted by molar-refractivity contribution is 7.99. The Balaban J connectivity index is 1.40. The van der Waals surface area contributed by atoms with Crippen LogP contribution in [0.5, 0.6) is 11.5 Å². The fourth-order valence-corrected chi connectivity index (χ4v) is 5.25. The number of nitrogens with zero attached hydrogens (tertiary/aromatic N) is 2. The number of hydrogen-bond donors (Lipinski definition) is 1. The molecule has 1 aliphatic carbocycles. The van der Waals surface area contributed by atoms with E-state index in [1.165, 1.54) is 50.7 Å². The van der Waals surface area contributed by atoms with Crippen LogP contribution in [0, 0.1) is 0 Å². The van der Waals surface area contributed by atoms with E-state index in [1.807, 2.05) is 30.0 Å². The van der Waals surface area contributed by atoms with Crippen LogP contribution in [-0.4, -0.2) is 34.8 Å². The third-order valence-electron chi connectivity index (χ3n) is 5.59. The Labute approximate surface area is 178 Å². The third kappa shape index (κ3) is 5.10. The lowest BCUT2D eigenvalue weighted by atomic mass is 9.94. The number of rotatable bonds is 8. The van der Waals surface area contributed by atoms with Crippen molar-refractivity contribution in [3.63, 3.8) is 0 Å². The number of hydrogen-bond acceptors (Lipinski definition) is 6. The van der Waals surface area contributed by atoms with Crippen LogP contribution in [0.1, 0.15) is 57.4 Å². The molecule has 1 unspecified atom stereocenters. The lowest BCUT2D eigenvalue weighted by Crippen LogP contribution is -2.45. The average molecular weight is 414 g/mol. The lowest BCUT2D eigenvalue weighted by molar-refractivity contribution is 0.174. The highest BCUT2D eigenvalue weighted by atomic mass is 32.2. The summed E-state index contributed by atoms with van der Waals surface area (Å²) in [6, 6.07) is 6.61. The standard InChI is InChI=1S/C23H31N3O2S/c1-2-3-15-29-23-25-24-22(26(23)19-10-5-4-6-11-19)12-8-7-9-18-13-14-20-21(16-18)28-17-27-20/h7-9,12-14,16,19,23,25H,2-6,10-11,15,17H2,1H3/b9-7+,12-8+. The maximum absolute atomic E-state index is 5.45. The number of unbranched alkanes of at least 4 members (excludes halogenated alkanes) is 1. The number of benzene rings is 1. The van der Waals surface area contributed by atoms with Gasteiger partial charge in [-0.3, -0.25) is 5.43 Å². The fraction of sp³-hybridized carbons (Fsp3) is 0.522. The number of ether oxygens (including phenoxy) is 2. The van der Waals surface area contributed by atoms with Gasteiger partial charge in [-0.2, -0.15) is 5.10 Å². The van der Waals surface area contributed by atoms with Gasteiger partial charge < -0.3 is 14.4 Å². The van der Waals surface area contributed by atoms with Crippen molar-refractivity contribution >= 4 is 23.7 Å². The first-order valence-electron chi connectivity index (χ1n) is 10.8. The Morgan fingerprint density at radius 3 is 2.83 bits per heavy atom. The van der Waals surface area contributed by atoms with E-state index in [0.717, 1.165) is 22.9 Å². The van der Waals surface area contributed by atoms with Gasteiger partial charge in [-0.25, -0.2) is 0 Å². The molecule has 0 aromatic heterocycles. The summed E-state index contributed by atoms with van der Waals surface area (Å²) in [5.74, 6) is 3.87. The van der Waals surface area contributed by atoms with Crippen molar-refractivity contribution in [1.29, 1.82) is 0 Å². The second-order valence-electron chi connectivity index (χ2n) is 7.71. The van der Waals surface area contributed by atoms with E-state index in [2.05, 4.69) is 46.7 Å². The topological polar surface area (TPSA) is 46.1 Å². The van der Waals surface area contributed by atoms with E-state index in [-0.39, 0.29) is 5.50 Å². The maximum atomic E-state index is 5.45. The molecule has 0 spiro atoms. The minimum atomic E-state index is 0.266. The molecule has 0 bridgehead atoms. The van der Waals surface area contributed by atoms with Crippen molar-refractivity contribution in [2.45, 2.75) is 63.4 Å². The van der Waals surface area contributed by atoms with E-state index in [9.17, 15) is 0 Å². The first-order chi connectivity index (χ1) is 14.3. The van der Waals surface area contributed by atoms with Crippen LogP contribution in [0.2, 0.25) is 0 Å². The SMILES string of the molecule is CCCCSC1NN=C(/C=C/C=C/c2ccc3c(c2)OCO3)N1C1CCCCC1. The number of hydrazone groups is 1. The van der Waals surface area contributed by atoms with E-state index in [1.54, 1.807) is 0 Å². The highest BCUT2D eigenvalue weighted by Gasteiger charge is 2.33. The van der Waals surface area contributed by atoms with E-state index in [0.29, 0.717) is 12.8 Å². The third-order valence-corrected chi connectivity index (χ3v) is 6.76. The van der Waals surface area contributed by atoms with Gasteiger partial charge in [-0.05, 0) is 48.8 Å². The normalized spacial score (nSPS) is 21.9. The first-order valence-corrected chi connectivity index (χ1v) is 11.9. The summed E-state index contributed by atoms with van der Waals surface area (Å²) in [6.07, 6.45) is 17.4. The quantitative estimate of drug-likeness (QED) is 0.460. The van der Waals surface area contributed by atoms with Crippen LogP contribution in [0.25, 0.3) is 6.08 Å². The Morgan fingerprint density at radius 1 is 1.14 bits per heavy atom. The average Bonchev–Trinajstić information content (AvgIpc) is 3.38. The number of nitrogens with one attached hydrogen (secondary N) is 1. The molecule has 3 aliphatic rings. The van der Waals surface area contributed by atoms with E-state index >= 15 is 0 Å². The molecule has 156 valence electrons. The van der Waals surface area contributed by atoms with Gasteiger partial charge in [-0.1, -0.05) is 56.9 Å². The van der Waals surface area contributed by atoms with Crippen LogP contribution < -0.4 is 14.9 Å². The molecule has 29 heavy (non-hydrogen) atoms. The smallest absolute Gasteiger partial charge is 0.231 e. The maximum Gasteiger partial charge on any atom is 0.231 e. The van der Waals surface area contributed by atoms with E-state index < -0.39 is 0 Å². The summed E-state index contributed by atoms with van der Waals surface area (Å²) in [7, 11) is 0. The van der Waals surface area contributed by atoms with Crippen molar-refractivity contribution in [2.75, 3.05) is 12.5 Å². The molecule has 2 heterocycles. The van der Waals surface area contributed by atoms with Gasteiger partial charge in [-0.15, -0.1) is 11.8 Å². The predicted octanol–water partition coefficient (Wildman–Crippen LogP) is 5.35. The Kier molecular flexibility index (Phi) is 7.04. The van der Waals surface area contributed by atoms with Gasteiger partial charge in [0.15, 0.2) is 22.8 Å². The van der Waals surface area contributed by atoms with Crippen molar-refractivity contribution in [2.24, 2.45) is 5.10 Å². The van der Waals surface area contributed by atoms with Crippen LogP contribution in [0.4, 0.5) is 0 Å². The van der Waals surface area contributed by atoms with Crippen LogP contribution in [0.3, 0.4) is 0 Å². The number of thioether (sulfide) groups is 1. The van der Waals surface area contributed by atoms with Crippen molar-refractivity contribution in [3.05, 3.63) is 42.0 Å². The fourth-order valence-electron chi connectivity index (χ4n) is 4.00. The van der Waals surface area contributed by atoms with Crippen LogP contribution >= 0.6 is 11.8 Å². The monoisotopic (exact) mass is 413 g/mol. The summed E-state index contributed by atoms with van der Waals surface area (Å²) in [6.45, 7) is 2.56. The molecule has 1 saturated carbocycles. The predicted molar refractivity (Wildman–Crippen MR) is 121 cm³/mol. The molecule has 2 aliphatic heterocycles. The van der Waals surface area contributed by atoms with Gasteiger partial charge in [0.2, 0.25) is 6.79 Å². The second-order valence-corrected chi connectivity index (χ2v) is 8.89. The molecule has 5 nitrogen and oxygen atoms in total. The van der Waals surface area contributed by atoms with Gasteiger partial charge in [0.1, 0.15) is 0 Å². The molecule has 1 aromatic carbocycles. The summed E-state index contributed by atoms with van der Waals surface area (Å²) >= 11 is 1.98. The molecule has 1 aromatic rings. The lowest BCUT2D eigenvalue weighted by Gasteiger charge is -2.36. The van der Waals surface area contributed by atoms with Gasteiger partial charge in [0.25, 0.3) is 0 Å². The number of allylic oxidation sites excluding steroid dienone is 2. The van der Waals surface area contributed by atoms with Gasteiger partial charge >= 0.3 is 0 Å². The highest BCUT2D eigenvalue weighted by Crippen LogP contribution is 2.33. The minimum absolute atomic E-state index is 0.266. The second kappa shape index (κ2) is 10.1. The Bertz CT molecular complexity index is 771. The Hall–Kier alpha value is -2.08. The zero-order valence-corrected chi connectivity index (χ0v) is 18.0. The van der Waals surface area contributed by atoms with Crippen molar-refractivity contribution in [1.82, 2.24) is 10.3 Å². The molecule has 6 heteroatoms. The zero-order chi connectivity index (χ0) is 19.9. The molecule has 1 atom stereocenters. The van der Waals surface area contributed by atoms with Crippen molar-refractivity contribution in [3.8, 4) is 11.5 Å². The number of fused-ring (bicyclic) bond motifs is 1. The molecule has 0 radical (unpaired) electrons. The largest absolute Gasteiger partial charge is 0.454 e. The molecule has 4 rings (SSSR count). The summed E-state index contributed by atoms with van der Waals surface area (Å²) < 4.78 is 10.8. The van der Waals surface area contributed by atoms with E-state index in [4.69, 9.17) is 9.47 Å². The van der Waals surface area contributed by atoms with Crippen LogP contribution in [0.15, 0.2) is 41.5 Å². The van der Waals surface area contributed by atoms with Gasteiger partial charge in [0.05, 0.1) is 0 Å². The molecule has 0 saturated heterocycles. The molecule has 1 N–H and O–H groups in total. The summed E-state index contributed by atoms with van der Waals surface area (Å²) in [5, 5.41) is 4.66. The minimum Gasteiger partial charge on any atom is -0.454 e. The molecular formula is C23H31N3O2S. The zero-order valence-electron chi connectivity index (χ0n) is 17.2. The molecule has 1 fully saturated rings. The summed E-state index contributed by atoms with van der Waals surface area (Å²) in [5.41, 5.74) is 4.74. The molecular weight excluding hydrogens is 382 g/mol. The van der Waals surface area contributed by atoms with Crippen LogP contribution in [-0.2, 0) is 0 Å². The summed E-state index contributed by atoms with van der Waals surface area (Å²) in [4.78, 5) is 2.52. The Morgan fingerprint density at radius 2 is 1.97 bits per heavy atom. The van der Waals surface area contributed by atoms with Crippen molar-refractivity contribution < 1.29 is 9.47 Å².